The Labute approximate surface area is 146 Å². The van der Waals surface area contributed by atoms with Gasteiger partial charge in [-0.15, -0.1) is 0 Å². The molecule has 2 aliphatic rings. The van der Waals surface area contributed by atoms with Crippen molar-refractivity contribution < 1.29 is 18.3 Å². The van der Waals surface area contributed by atoms with Gasteiger partial charge in [0.25, 0.3) is 0 Å². The molecular weight excluding hydrogens is 329 g/mol. The highest BCUT2D eigenvalue weighted by molar-refractivity contribution is 5.55. The number of piperidine rings is 1. The summed E-state index contributed by atoms with van der Waals surface area (Å²) in [5.41, 5.74) is -0.111. The predicted octanol–water partition coefficient (Wildman–Crippen LogP) is 3.43. The van der Waals surface area contributed by atoms with Crippen molar-refractivity contribution in [2.75, 3.05) is 39.3 Å². The topological polar surface area (TPSA) is 23.5 Å². The maximum Gasteiger partial charge on any atom is 0.422 e. The van der Waals surface area contributed by atoms with E-state index in [9.17, 15) is 18.3 Å². The molecule has 0 saturated carbocycles. The Morgan fingerprint density at radius 2 is 1.84 bits per heavy atom. The maximum absolute atomic E-state index is 13.3. The third-order valence-corrected chi connectivity index (χ3v) is 5.81. The minimum absolute atomic E-state index is 0.394. The number of rotatable bonds is 5. The number of likely N-dealkylation sites (tertiary alicyclic amines) is 1. The van der Waals surface area contributed by atoms with Crippen molar-refractivity contribution in [3.8, 4) is 0 Å². The van der Waals surface area contributed by atoms with Crippen LogP contribution in [0.15, 0.2) is 36.4 Å². The molecule has 0 bridgehead atoms. The van der Waals surface area contributed by atoms with Gasteiger partial charge in [0.1, 0.15) is 24.3 Å². The molecule has 6 heteroatoms. The van der Waals surface area contributed by atoms with E-state index in [4.69, 9.17) is 0 Å². The molecule has 1 aromatic carbocycles. The van der Waals surface area contributed by atoms with E-state index < -0.39 is 17.3 Å². The molecule has 3 rings (SSSR count). The first-order valence-electron chi connectivity index (χ1n) is 8.80. The van der Waals surface area contributed by atoms with Gasteiger partial charge in [0.15, 0.2) is 0 Å². The quantitative estimate of drug-likeness (QED) is 0.497. The number of alkyl halides is 3. The summed E-state index contributed by atoms with van der Waals surface area (Å²) < 4.78 is 40.3. The van der Waals surface area contributed by atoms with Crippen LogP contribution in [0, 0.1) is 0 Å². The molecule has 2 heterocycles. The predicted molar refractivity (Wildman–Crippen MR) is 93.3 cm³/mol. The molecule has 0 aliphatic carbocycles. The van der Waals surface area contributed by atoms with Gasteiger partial charge in [0.05, 0.1) is 12.1 Å². The Morgan fingerprint density at radius 1 is 1.24 bits per heavy atom. The molecule has 138 valence electrons. The first-order chi connectivity index (χ1) is 11.7. The molecule has 1 aromatic rings. The summed E-state index contributed by atoms with van der Waals surface area (Å²) in [5.74, 6) is 0. The lowest BCUT2D eigenvalue weighted by atomic mass is 9.86. The maximum atomic E-state index is 13.3. The van der Waals surface area contributed by atoms with Crippen molar-refractivity contribution in [2.24, 2.45) is 0 Å². The smallest absolute Gasteiger partial charge is 0.385 e. The van der Waals surface area contributed by atoms with E-state index in [1.54, 1.807) is 12.1 Å². The van der Waals surface area contributed by atoms with E-state index in [-0.39, 0.29) is 0 Å². The summed E-state index contributed by atoms with van der Waals surface area (Å²) in [4.78, 5) is 2.24. The van der Waals surface area contributed by atoms with E-state index in [1.165, 1.54) is 12.1 Å². The lowest BCUT2D eigenvalue weighted by molar-refractivity contribution is -0.137. The second kappa shape index (κ2) is 6.41. The van der Waals surface area contributed by atoms with Crippen molar-refractivity contribution in [1.82, 2.24) is 9.38 Å². The highest BCUT2D eigenvalue weighted by Crippen LogP contribution is 2.42. The van der Waals surface area contributed by atoms with E-state index in [0.29, 0.717) is 29.6 Å². The van der Waals surface area contributed by atoms with Crippen molar-refractivity contribution in [3.05, 3.63) is 42.0 Å². The van der Waals surface area contributed by atoms with Crippen molar-refractivity contribution >= 4 is 5.69 Å². The third kappa shape index (κ3) is 3.76. The lowest BCUT2D eigenvalue weighted by Crippen LogP contribution is -2.47. The molecule has 3 nitrogen and oxygen atoms in total. The number of hydrogen-bond donors (Lipinski definition) is 1. The monoisotopic (exact) mass is 355 g/mol. The highest BCUT2D eigenvalue weighted by Gasteiger charge is 2.50. The molecule has 1 N–H and O–H groups in total. The molecule has 2 saturated heterocycles. The van der Waals surface area contributed by atoms with Crippen molar-refractivity contribution in [1.29, 1.82) is 0 Å². The molecule has 2 fully saturated rings. The fraction of sp³-hybridized carbons (Fsp3) is 0.579. The van der Waals surface area contributed by atoms with Crippen LogP contribution in [0.2, 0.25) is 0 Å². The molecule has 0 unspecified atom stereocenters. The summed E-state index contributed by atoms with van der Waals surface area (Å²) in [6, 6.07) is 5.94. The van der Waals surface area contributed by atoms with Crippen molar-refractivity contribution in [3.63, 3.8) is 0 Å². The zero-order valence-corrected chi connectivity index (χ0v) is 14.6. The first kappa shape index (κ1) is 18.4. The van der Waals surface area contributed by atoms with Crippen LogP contribution < -0.4 is 4.48 Å². The van der Waals surface area contributed by atoms with E-state index >= 15 is 0 Å². The van der Waals surface area contributed by atoms with Gasteiger partial charge >= 0.3 is 6.18 Å². The minimum Gasteiger partial charge on any atom is -0.385 e. The first-order valence-corrected chi connectivity index (χ1v) is 8.80. The largest absolute Gasteiger partial charge is 0.422 e. The molecule has 0 radical (unpaired) electrons. The van der Waals surface area contributed by atoms with Gasteiger partial charge in [-0.05, 0) is 37.5 Å². The number of nitrogens with zero attached hydrogens (tertiary/aromatic N) is 2. The van der Waals surface area contributed by atoms with E-state index in [0.717, 1.165) is 38.3 Å². The van der Waals surface area contributed by atoms with Crippen LogP contribution in [0.25, 0.3) is 0 Å². The van der Waals surface area contributed by atoms with Crippen LogP contribution in [0.5, 0.6) is 0 Å². The molecule has 2 aliphatic heterocycles. The van der Waals surface area contributed by atoms with Crippen LogP contribution in [0.1, 0.15) is 25.3 Å². The summed E-state index contributed by atoms with van der Waals surface area (Å²) >= 11 is 0. The van der Waals surface area contributed by atoms with Gasteiger partial charge in [-0.25, -0.2) is 0 Å². The van der Waals surface area contributed by atoms with E-state index in [1.807, 2.05) is 6.92 Å². The van der Waals surface area contributed by atoms with Gasteiger partial charge in [0, 0.05) is 19.6 Å². The zero-order chi connectivity index (χ0) is 18.3. The van der Waals surface area contributed by atoms with Crippen molar-refractivity contribution in [2.45, 2.75) is 31.5 Å². The number of quaternary nitrogens is 1. The van der Waals surface area contributed by atoms with Crippen LogP contribution in [0.3, 0.4) is 0 Å². The Balaban J connectivity index is 1.64. The molecule has 0 spiro atoms. The highest BCUT2D eigenvalue weighted by atomic mass is 19.4. The standard InChI is InChI=1S/C19H26F3N2O/c1-15(2)18(25)7-9-23(10-8-18)11-12-24(13-14-24)17-6-4-3-5-16(17)19(20,21)22/h3-6,25H,1,7-14H2,2H3/q+1. The fourth-order valence-electron chi connectivity index (χ4n) is 3.74. The van der Waals surface area contributed by atoms with Gasteiger partial charge in [-0.1, -0.05) is 18.7 Å². The van der Waals surface area contributed by atoms with E-state index in [2.05, 4.69) is 11.5 Å². The molecule has 0 aromatic heterocycles. The molecule has 0 atom stereocenters. The van der Waals surface area contributed by atoms with Gasteiger partial charge < -0.3 is 5.11 Å². The fourth-order valence-corrected chi connectivity index (χ4v) is 3.74. The summed E-state index contributed by atoms with van der Waals surface area (Å²) in [6.45, 7) is 10.2. The van der Waals surface area contributed by atoms with Crippen LogP contribution >= 0.6 is 0 Å². The van der Waals surface area contributed by atoms with Gasteiger partial charge in [-0.2, -0.15) is 13.2 Å². The van der Waals surface area contributed by atoms with Crippen LogP contribution in [-0.2, 0) is 6.18 Å². The van der Waals surface area contributed by atoms with Crippen LogP contribution in [-0.4, -0.2) is 54.9 Å². The number of aliphatic hydroxyl groups is 1. The average Bonchev–Trinajstić information content (AvgIpc) is 3.35. The minimum atomic E-state index is -4.31. The summed E-state index contributed by atoms with van der Waals surface area (Å²) in [7, 11) is 0. The number of para-hydroxylation sites is 1. The van der Waals surface area contributed by atoms with Crippen LogP contribution in [0.4, 0.5) is 18.9 Å². The lowest BCUT2D eigenvalue weighted by Gasteiger charge is -2.39. The summed E-state index contributed by atoms with van der Waals surface area (Å²) in [5, 5.41) is 10.5. The molecule has 0 amide bonds. The van der Waals surface area contributed by atoms with Gasteiger partial charge in [0.2, 0.25) is 0 Å². The second-order valence-electron chi connectivity index (χ2n) is 7.48. The SMILES string of the molecule is C=C(C)C1(O)CCN(CC[N+]2(c3ccccc3C(F)(F)F)CC2)CC1. The summed E-state index contributed by atoms with van der Waals surface area (Å²) in [6.07, 6.45) is -3.03. The number of benzene rings is 1. The Hall–Kier alpha value is -1.37. The molecule has 25 heavy (non-hydrogen) atoms. The Kier molecular flexibility index (Phi) is 4.73. The normalized spacial score (nSPS) is 22.6. The Morgan fingerprint density at radius 3 is 2.36 bits per heavy atom. The Bertz CT molecular complexity index is 644. The number of hydrogen-bond acceptors (Lipinski definition) is 2. The third-order valence-electron chi connectivity index (χ3n) is 5.81. The van der Waals surface area contributed by atoms with Gasteiger partial charge in [-0.3, -0.25) is 9.38 Å². The zero-order valence-electron chi connectivity index (χ0n) is 14.6. The number of halogens is 3. The second-order valence-corrected chi connectivity index (χ2v) is 7.48. The molecular formula is C19H26F3N2O+. The average molecular weight is 355 g/mol.